The molecule has 1 aliphatic heterocycles. The van der Waals surface area contributed by atoms with Crippen LogP contribution in [-0.2, 0) is 0 Å². The number of carbonyl (C=O) groups is 2. The predicted molar refractivity (Wildman–Crippen MR) is 108 cm³/mol. The van der Waals surface area contributed by atoms with E-state index >= 15 is 0 Å². The molecule has 8 heteroatoms. The number of carbonyl (C=O) groups excluding carboxylic acids is 2. The Labute approximate surface area is 172 Å². The fourth-order valence-corrected chi connectivity index (χ4v) is 3.45. The number of nitrogens with zero attached hydrogens (tertiary/aromatic N) is 1. The topological polar surface area (TPSA) is 81.6 Å². The first-order valence-electron chi connectivity index (χ1n) is 9.40. The van der Waals surface area contributed by atoms with Crippen LogP contribution in [0.2, 0.25) is 0 Å². The van der Waals surface area contributed by atoms with Gasteiger partial charge in [-0.25, -0.2) is 4.39 Å². The number of ether oxygens (including phenoxy) is 2. The van der Waals surface area contributed by atoms with Gasteiger partial charge in [-0.15, -0.1) is 0 Å². The van der Waals surface area contributed by atoms with Gasteiger partial charge in [-0.05, 0) is 44.2 Å². The van der Waals surface area contributed by atoms with Gasteiger partial charge in [0.2, 0.25) is 0 Å². The van der Waals surface area contributed by atoms with E-state index in [0.29, 0.717) is 36.0 Å². The average molecular weight is 409 g/mol. The molecule has 2 aromatic carbocycles. The van der Waals surface area contributed by atoms with E-state index in [1.807, 2.05) is 29.7 Å². The number of aryl methyl sites for hydroxylation is 1. The Morgan fingerprint density at radius 3 is 2.30 bits per heavy atom. The van der Waals surface area contributed by atoms with Crippen molar-refractivity contribution in [1.29, 1.82) is 0 Å². The summed E-state index contributed by atoms with van der Waals surface area (Å²) in [4.78, 5) is 24.8. The second-order valence-corrected chi connectivity index (χ2v) is 6.84. The largest absolute Gasteiger partial charge is 0.486 e. The van der Waals surface area contributed by atoms with Crippen LogP contribution in [0.25, 0.3) is 5.69 Å². The summed E-state index contributed by atoms with van der Waals surface area (Å²) in [6, 6.07) is 12.8. The number of hydrogen-bond acceptors (Lipinski definition) is 4. The summed E-state index contributed by atoms with van der Waals surface area (Å²) in [7, 11) is 0. The zero-order chi connectivity index (χ0) is 21.3. The molecule has 0 aliphatic carbocycles. The van der Waals surface area contributed by atoms with Crippen LogP contribution in [0.3, 0.4) is 0 Å². The first-order chi connectivity index (χ1) is 14.5. The lowest BCUT2D eigenvalue weighted by molar-refractivity contribution is 0.0844. The fourth-order valence-electron chi connectivity index (χ4n) is 3.45. The molecule has 0 bridgehead atoms. The van der Waals surface area contributed by atoms with Crippen molar-refractivity contribution >= 4 is 11.8 Å². The lowest BCUT2D eigenvalue weighted by Crippen LogP contribution is -2.42. The standard InChI is InChI=1S/C22H20FN3O4/c1-13-11-17(22(28)25-24-21(27)16-5-3-4-6-18(16)23)14(2)26(13)15-7-8-19-20(12-15)30-10-9-29-19/h3-8,11-12H,9-10H2,1-2H3,(H,24,27)(H,25,28). The van der Waals surface area contributed by atoms with E-state index in [2.05, 4.69) is 10.9 Å². The first kappa shape index (κ1) is 19.5. The second-order valence-electron chi connectivity index (χ2n) is 6.84. The van der Waals surface area contributed by atoms with Gasteiger partial charge in [-0.3, -0.25) is 20.4 Å². The van der Waals surface area contributed by atoms with Crippen LogP contribution in [-0.4, -0.2) is 29.6 Å². The van der Waals surface area contributed by atoms with Gasteiger partial charge in [0.05, 0.1) is 11.1 Å². The van der Waals surface area contributed by atoms with Crippen molar-refractivity contribution < 1.29 is 23.5 Å². The number of aromatic nitrogens is 1. The van der Waals surface area contributed by atoms with Crippen LogP contribution < -0.4 is 20.3 Å². The highest BCUT2D eigenvalue weighted by atomic mass is 19.1. The smallest absolute Gasteiger partial charge is 0.272 e. The molecule has 3 aromatic rings. The Hall–Kier alpha value is -3.81. The Kier molecular flexibility index (Phi) is 5.14. The van der Waals surface area contributed by atoms with Crippen LogP contribution in [0.5, 0.6) is 11.5 Å². The fraction of sp³-hybridized carbons (Fsp3) is 0.182. The van der Waals surface area contributed by atoms with Gasteiger partial charge in [-0.1, -0.05) is 12.1 Å². The molecule has 0 spiro atoms. The summed E-state index contributed by atoms with van der Waals surface area (Å²) in [6.45, 7) is 4.67. The number of halogens is 1. The lowest BCUT2D eigenvalue weighted by atomic mass is 10.2. The highest BCUT2D eigenvalue weighted by molar-refractivity contribution is 6.00. The van der Waals surface area contributed by atoms with E-state index in [9.17, 15) is 14.0 Å². The summed E-state index contributed by atoms with van der Waals surface area (Å²) in [6.07, 6.45) is 0. The van der Waals surface area contributed by atoms with Crippen molar-refractivity contribution in [2.24, 2.45) is 0 Å². The molecule has 0 fully saturated rings. The molecule has 154 valence electrons. The van der Waals surface area contributed by atoms with Crippen LogP contribution in [0, 0.1) is 19.7 Å². The molecule has 2 amide bonds. The molecule has 2 heterocycles. The molecule has 0 saturated carbocycles. The van der Waals surface area contributed by atoms with Crippen molar-refractivity contribution in [3.05, 3.63) is 76.9 Å². The molecule has 1 aromatic heterocycles. The average Bonchev–Trinajstić information content (AvgIpc) is 3.05. The molecule has 0 atom stereocenters. The van der Waals surface area contributed by atoms with Gasteiger partial charge < -0.3 is 14.0 Å². The minimum atomic E-state index is -0.734. The summed E-state index contributed by atoms with van der Waals surface area (Å²) < 4.78 is 26.8. The van der Waals surface area contributed by atoms with E-state index in [0.717, 1.165) is 11.4 Å². The lowest BCUT2D eigenvalue weighted by Gasteiger charge is -2.20. The third-order valence-corrected chi connectivity index (χ3v) is 4.87. The summed E-state index contributed by atoms with van der Waals surface area (Å²) in [5, 5.41) is 0. The van der Waals surface area contributed by atoms with Crippen LogP contribution in [0.4, 0.5) is 4.39 Å². The number of fused-ring (bicyclic) bond motifs is 1. The van der Waals surface area contributed by atoms with Gasteiger partial charge in [0.15, 0.2) is 11.5 Å². The molecule has 1 aliphatic rings. The number of rotatable bonds is 3. The molecular formula is C22H20FN3O4. The van der Waals surface area contributed by atoms with Crippen LogP contribution in [0.15, 0.2) is 48.5 Å². The summed E-state index contributed by atoms with van der Waals surface area (Å²) in [5.41, 5.74) is 7.16. The molecule has 0 radical (unpaired) electrons. The van der Waals surface area contributed by atoms with E-state index in [-0.39, 0.29) is 5.56 Å². The maximum Gasteiger partial charge on any atom is 0.272 e. The Morgan fingerprint density at radius 1 is 0.900 bits per heavy atom. The quantitative estimate of drug-likeness (QED) is 0.652. The highest BCUT2D eigenvalue weighted by Gasteiger charge is 2.20. The molecule has 2 N–H and O–H groups in total. The third-order valence-electron chi connectivity index (χ3n) is 4.87. The normalized spacial score (nSPS) is 12.4. The number of hydrogen-bond donors (Lipinski definition) is 2. The monoisotopic (exact) mass is 409 g/mol. The minimum absolute atomic E-state index is 0.153. The Morgan fingerprint density at radius 2 is 1.57 bits per heavy atom. The maximum absolute atomic E-state index is 13.7. The zero-order valence-corrected chi connectivity index (χ0v) is 16.5. The van der Waals surface area contributed by atoms with Gasteiger partial charge in [-0.2, -0.15) is 0 Å². The highest BCUT2D eigenvalue weighted by Crippen LogP contribution is 2.33. The van der Waals surface area contributed by atoms with Crippen molar-refractivity contribution in [1.82, 2.24) is 15.4 Å². The number of benzene rings is 2. The molecule has 4 rings (SSSR count). The van der Waals surface area contributed by atoms with Gasteiger partial charge >= 0.3 is 0 Å². The first-order valence-corrected chi connectivity index (χ1v) is 9.40. The predicted octanol–water partition coefficient (Wildman–Crippen LogP) is 3.08. The summed E-state index contributed by atoms with van der Waals surface area (Å²) >= 11 is 0. The molecule has 7 nitrogen and oxygen atoms in total. The Bertz CT molecular complexity index is 1140. The number of amides is 2. The van der Waals surface area contributed by atoms with E-state index in [1.54, 1.807) is 19.1 Å². The summed E-state index contributed by atoms with van der Waals surface area (Å²) in [5.74, 6) is -0.574. The third kappa shape index (κ3) is 3.59. The molecular weight excluding hydrogens is 389 g/mol. The Balaban J connectivity index is 1.54. The van der Waals surface area contributed by atoms with Gasteiger partial charge in [0, 0.05) is 23.1 Å². The van der Waals surface area contributed by atoms with Gasteiger partial charge in [0.1, 0.15) is 19.0 Å². The number of hydrazine groups is 1. The zero-order valence-electron chi connectivity index (χ0n) is 16.5. The van der Waals surface area contributed by atoms with Gasteiger partial charge in [0.25, 0.3) is 11.8 Å². The van der Waals surface area contributed by atoms with Crippen LogP contribution >= 0.6 is 0 Å². The van der Waals surface area contributed by atoms with Crippen LogP contribution in [0.1, 0.15) is 32.1 Å². The van der Waals surface area contributed by atoms with E-state index in [4.69, 9.17) is 9.47 Å². The van der Waals surface area contributed by atoms with E-state index in [1.165, 1.54) is 18.2 Å². The van der Waals surface area contributed by atoms with Crippen molar-refractivity contribution in [3.63, 3.8) is 0 Å². The van der Waals surface area contributed by atoms with Crippen molar-refractivity contribution in [2.45, 2.75) is 13.8 Å². The minimum Gasteiger partial charge on any atom is -0.486 e. The molecule has 30 heavy (non-hydrogen) atoms. The molecule has 0 unspecified atom stereocenters. The number of nitrogens with one attached hydrogen (secondary N) is 2. The molecule has 0 saturated heterocycles. The second kappa shape index (κ2) is 7.90. The van der Waals surface area contributed by atoms with Crippen molar-refractivity contribution in [2.75, 3.05) is 13.2 Å². The SMILES string of the molecule is Cc1cc(C(=O)NNC(=O)c2ccccc2F)c(C)n1-c1ccc2c(c1)OCCO2. The van der Waals surface area contributed by atoms with E-state index < -0.39 is 17.6 Å². The maximum atomic E-state index is 13.7. The van der Waals surface area contributed by atoms with Crippen molar-refractivity contribution in [3.8, 4) is 17.2 Å².